The number of ether oxygens (including phenoxy) is 9. The maximum absolute atomic E-state index is 12.9. The summed E-state index contributed by atoms with van der Waals surface area (Å²) in [6, 6.07) is -4.44. The van der Waals surface area contributed by atoms with Crippen molar-refractivity contribution < 1.29 is 138 Å². The molecule has 5 saturated heterocycles. The second kappa shape index (κ2) is 25.0. The Labute approximate surface area is 403 Å². The lowest BCUT2D eigenvalue weighted by Gasteiger charge is -2.51. The zero-order valence-corrected chi connectivity index (χ0v) is 38.7. The Balaban J connectivity index is 1.36. The molecule has 0 aliphatic carbocycles. The molecule has 0 aromatic heterocycles. The number of rotatable bonds is 19. The second-order valence-electron chi connectivity index (χ2n) is 17.9. The van der Waals surface area contributed by atoms with Crippen LogP contribution in [0.3, 0.4) is 0 Å². The van der Waals surface area contributed by atoms with E-state index < -0.39 is 222 Å². The fourth-order valence-electron chi connectivity index (χ4n) is 9.09. The number of carbonyl (C=O) groups excluding carboxylic acids is 3. The van der Waals surface area contributed by atoms with Gasteiger partial charge in [-0.15, -0.1) is 0 Å². The summed E-state index contributed by atoms with van der Waals surface area (Å²) in [6.45, 7) is -0.00998. The summed E-state index contributed by atoms with van der Waals surface area (Å²) in [4.78, 5) is 49.7. The van der Waals surface area contributed by atoms with Crippen molar-refractivity contribution in [1.29, 1.82) is 0 Å². The van der Waals surface area contributed by atoms with E-state index in [0.717, 1.165) is 20.8 Å². The molecule has 0 bridgehead atoms. The van der Waals surface area contributed by atoms with Gasteiger partial charge in [0.15, 0.2) is 18.9 Å². The van der Waals surface area contributed by atoms with E-state index >= 15 is 0 Å². The normalized spacial score (nSPS) is 45.0. The van der Waals surface area contributed by atoms with Gasteiger partial charge in [-0.3, -0.25) is 14.4 Å². The van der Waals surface area contributed by atoms with Gasteiger partial charge in [-0.25, -0.2) is 4.79 Å². The van der Waals surface area contributed by atoms with E-state index in [4.69, 9.17) is 42.6 Å². The molecule has 18 N–H and O–H groups in total. The smallest absolute Gasteiger partial charge is 0.364 e. The number of carboxylic acid groups (broad SMARTS) is 1. The van der Waals surface area contributed by atoms with Gasteiger partial charge in [0.05, 0.1) is 57.3 Å². The molecule has 0 spiro atoms. The van der Waals surface area contributed by atoms with Gasteiger partial charge < -0.3 is 135 Å². The van der Waals surface area contributed by atoms with E-state index in [-0.39, 0.29) is 0 Å². The Morgan fingerprint density at radius 2 is 1.10 bits per heavy atom. The molecular weight excluding hydrogens is 970 g/mol. The predicted molar refractivity (Wildman–Crippen MR) is 222 cm³/mol. The van der Waals surface area contributed by atoms with E-state index in [2.05, 4.69) is 16.0 Å². The van der Waals surface area contributed by atoms with Crippen LogP contribution in [0.15, 0.2) is 0 Å². The van der Waals surface area contributed by atoms with Gasteiger partial charge in [0, 0.05) is 27.2 Å². The number of carbonyl (C=O) groups is 4. The molecular formula is C40H67N3O28. The van der Waals surface area contributed by atoms with E-state index in [9.17, 15) is 95.8 Å². The highest BCUT2D eigenvalue weighted by Gasteiger charge is 2.61. The standard InChI is InChI=1S/C40H67N3O28/c1-11-21(41-12(2)48)33(69-37-30(59)29(58)25(54)17(7-45)65-37)27(56)20(64-11)10-63-36-23(43-14(4)50)28(57)32(19(9-47)67-36)68-38-31(60)35(26(55)18(8-46)66-38)71-40(39(61)62)5-15(51)22(42-13(3)49)34(70-40)24(53)16(52)6-44/h11,15-38,44-47,51-60H,5-10H2,1-4H3,(H,41,48)(H,42,49)(H,43,50)(H,61,62)/t11-,15?,16+,17?,18?,19?,20?,21?,22+,23?,24+,25-,26-,27-,28+,29-,30?,31?,32-,33+,34?,35-,36+,37-,38-,40-/m0/s1. The van der Waals surface area contributed by atoms with Crippen LogP contribution in [0.25, 0.3) is 0 Å². The third-order valence-electron chi connectivity index (χ3n) is 12.8. The van der Waals surface area contributed by atoms with Gasteiger partial charge in [0.1, 0.15) is 110 Å². The molecule has 410 valence electrons. The zero-order chi connectivity index (χ0) is 53.0. The van der Waals surface area contributed by atoms with Crippen LogP contribution in [0.1, 0.15) is 34.1 Å². The summed E-state index contributed by atoms with van der Waals surface area (Å²) in [5, 5.41) is 167. The number of aliphatic hydroxyl groups is 14. The zero-order valence-electron chi connectivity index (χ0n) is 38.7. The van der Waals surface area contributed by atoms with Crippen molar-refractivity contribution in [3.8, 4) is 0 Å². The minimum Gasteiger partial charge on any atom is -0.477 e. The fraction of sp³-hybridized carbons (Fsp3) is 0.900. The average molecular weight is 1040 g/mol. The molecule has 5 aliphatic rings. The number of nitrogens with one attached hydrogen (secondary N) is 3. The first-order valence-corrected chi connectivity index (χ1v) is 22.5. The first kappa shape index (κ1) is 58.8. The molecule has 0 radical (unpaired) electrons. The first-order chi connectivity index (χ1) is 33.3. The van der Waals surface area contributed by atoms with Crippen LogP contribution in [-0.2, 0) is 61.8 Å². The summed E-state index contributed by atoms with van der Waals surface area (Å²) < 4.78 is 51.9. The highest BCUT2D eigenvalue weighted by molar-refractivity contribution is 5.77. The first-order valence-electron chi connectivity index (χ1n) is 22.5. The quantitative estimate of drug-likeness (QED) is 0.0571. The molecule has 3 amide bonds. The highest BCUT2D eigenvalue weighted by atomic mass is 16.8. The minimum absolute atomic E-state index is 0.604. The maximum atomic E-state index is 12.9. The predicted octanol–water partition coefficient (Wildman–Crippen LogP) is -11.2. The number of amides is 3. The van der Waals surface area contributed by atoms with Crippen molar-refractivity contribution in [2.24, 2.45) is 0 Å². The molecule has 0 aromatic carbocycles. The summed E-state index contributed by atoms with van der Waals surface area (Å²) in [6.07, 6.45) is -41.7. The Morgan fingerprint density at radius 1 is 0.592 bits per heavy atom. The van der Waals surface area contributed by atoms with Crippen LogP contribution in [0, 0.1) is 0 Å². The number of aliphatic carboxylic acids is 1. The molecule has 10 unspecified atom stereocenters. The lowest BCUT2D eigenvalue weighted by molar-refractivity contribution is -0.383. The molecule has 71 heavy (non-hydrogen) atoms. The van der Waals surface area contributed by atoms with E-state index in [1.165, 1.54) is 6.92 Å². The summed E-state index contributed by atoms with van der Waals surface area (Å²) in [7, 11) is 0. The molecule has 5 fully saturated rings. The van der Waals surface area contributed by atoms with Crippen molar-refractivity contribution in [3.05, 3.63) is 0 Å². The van der Waals surface area contributed by atoms with Crippen LogP contribution in [0.4, 0.5) is 0 Å². The Bertz CT molecular complexity index is 1770. The van der Waals surface area contributed by atoms with Crippen molar-refractivity contribution in [1.82, 2.24) is 16.0 Å². The van der Waals surface area contributed by atoms with E-state index in [1.807, 2.05) is 0 Å². The summed E-state index contributed by atoms with van der Waals surface area (Å²) in [5.74, 6) is -7.38. The van der Waals surface area contributed by atoms with Crippen molar-refractivity contribution in [2.45, 2.75) is 193 Å². The molecule has 5 heterocycles. The molecule has 26 atom stereocenters. The topological polar surface area (TPSA) is 491 Å². The van der Waals surface area contributed by atoms with Crippen molar-refractivity contribution >= 4 is 23.7 Å². The van der Waals surface area contributed by atoms with Crippen LogP contribution in [0.2, 0.25) is 0 Å². The number of hydrogen-bond acceptors (Lipinski definition) is 27. The molecule has 31 heteroatoms. The molecule has 0 aromatic rings. The Hall–Kier alpha value is -3.04. The minimum atomic E-state index is -3.14. The van der Waals surface area contributed by atoms with E-state index in [0.29, 0.717) is 0 Å². The van der Waals surface area contributed by atoms with Crippen molar-refractivity contribution in [3.63, 3.8) is 0 Å². The Morgan fingerprint density at radius 3 is 1.65 bits per heavy atom. The number of hydrogen-bond donors (Lipinski definition) is 18. The van der Waals surface area contributed by atoms with Gasteiger partial charge in [0.25, 0.3) is 5.79 Å². The Kier molecular flexibility index (Phi) is 20.7. The number of aliphatic hydroxyl groups excluding tert-OH is 14. The monoisotopic (exact) mass is 1040 g/mol. The third kappa shape index (κ3) is 13.1. The van der Waals surface area contributed by atoms with E-state index in [1.54, 1.807) is 0 Å². The molecule has 5 rings (SSSR count). The SMILES string of the molecule is CC(=O)NC1[C@H](OCC2O[C@@H](C)C(NC(C)=O)[C@@H](O[C@@H]3OC(CO)[C@H](O)[C@H](O)C3O)[C@H]2O)OC(CO)[C@H](O[C@@H]2OC(CO)[C@H](O)[C@H](O[C@]3(C(=O)O)CC(O)[C@@H](NC(C)=O)C([C@H](O)[C@H](O)CO)O3)C2O)[C@@H]1O. The number of carboxylic acids is 1. The highest BCUT2D eigenvalue weighted by Crippen LogP contribution is 2.39. The van der Waals surface area contributed by atoms with Crippen LogP contribution in [-0.4, -0.2) is 292 Å². The summed E-state index contributed by atoms with van der Waals surface area (Å²) >= 11 is 0. The van der Waals surface area contributed by atoms with Crippen LogP contribution < -0.4 is 16.0 Å². The fourth-order valence-corrected chi connectivity index (χ4v) is 9.09. The second-order valence-corrected chi connectivity index (χ2v) is 17.9. The van der Waals surface area contributed by atoms with Crippen LogP contribution in [0.5, 0.6) is 0 Å². The van der Waals surface area contributed by atoms with Crippen LogP contribution >= 0.6 is 0 Å². The van der Waals surface area contributed by atoms with Gasteiger partial charge in [-0.2, -0.15) is 0 Å². The van der Waals surface area contributed by atoms with Gasteiger partial charge in [-0.05, 0) is 6.92 Å². The summed E-state index contributed by atoms with van der Waals surface area (Å²) in [5.41, 5.74) is 0. The lowest BCUT2D eigenvalue weighted by Crippen LogP contribution is -2.71. The molecule has 31 nitrogen and oxygen atoms in total. The third-order valence-corrected chi connectivity index (χ3v) is 12.8. The van der Waals surface area contributed by atoms with Gasteiger partial charge in [-0.1, -0.05) is 0 Å². The molecule has 5 aliphatic heterocycles. The average Bonchev–Trinajstić information content (AvgIpc) is 3.31. The lowest BCUT2D eigenvalue weighted by atomic mass is 9.88. The van der Waals surface area contributed by atoms with Gasteiger partial charge in [0.2, 0.25) is 17.7 Å². The van der Waals surface area contributed by atoms with Gasteiger partial charge >= 0.3 is 5.97 Å². The largest absolute Gasteiger partial charge is 0.477 e. The molecule has 0 saturated carbocycles. The van der Waals surface area contributed by atoms with Crippen molar-refractivity contribution in [2.75, 3.05) is 33.0 Å². The maximum Gasteiger partial charge on any atom is 0.364 e.